The largest absolute Gasteiger partial charge is 0.494 e. The van der Waals surface area contributed by atoms with E-state index in [-0.39, 0.29) is 29.6 Å². The molecule has 8 heteroatoms. The lowest BCUT2D eigenvalue weighted by atomic mass is 9.68. The third-order valence-corrected chi connectivity index (χ3v) is 9.02. The number of nitrogens with two attached hydrogens (primary N) is 1. The highest BCUT2D eigenvalue weighted by Gasteiger charge is 2.46. The second-order valence-corrected chi connectivity index (χ2v) is 12.2. The minimum absolute atomic E-state index is 0.00406. The minimum Gasteiger partial charge on any atom is -0.494 e. The fraction of sp³-hybridized carbons (Fsp3) is 0.452. The summed E-state index contributed by atoms with van der Waals surface area (Å²) in [5.74, 6) is 0.0356. The maximum absolute atomic E-state index is 13.9. The van der Waals surface area contributed by atoms with Gasteiger partial charge in [0.25, 0.3) is 0 Å². The van der Waals surface area contributed by atoms with E-state index in [1.54, 1.807) is 18.3 Å². The van der Waals surface area contributed by atoms with Crippen molar-refractivity contribution >= 4 is 28.1 Å². The van der Waals surface area contributed by atoms with Crippen molar-refractivity contribution in [1.82, 2.24) is 0 Å². The van der Waals surface area contributed by atoms with E-state index in [0.717, 1.165) is 53.1 Å². The normalized spacial score (nSPS) is 20.3. The smallest absolute Gasteiger partial charge is 0.341 e. The third-order valence-electron chi connectivity index (χ3n) is 7.74. The molecular formula is C31H35N3O4S. The Kier molecular flexibility index (Phi) is 7.30. The molecule has 0 saturated carbocycles. The number of Topliss-reactive ketones (excluding diaryl/α,β-unsaturated/α-hetero) is 1. The zero-order valence-corrected chi connectivity index (χ0v) is 23.9. The summed E-state index contributed by atoms with van der Waals surface area (Å²) in [5.41, 5.74) is 10.6. The van der Waals surface area contributed by atoms with Crippen LogP contribution in [0.3, 0.4) is 0 Å². The Morgan fingerprint density at radius 2 is 1.87 bits per heavy atom. The first kappa shape index (κ1) is 27.0. The van der Waals surface area contributed by atoms with Gasteiger partial charge in [0, 0.05) is 22.6 Å². The number of carbonyl (C=O) groups is 2. The Morgan fingerprint density at radius 3 is 2.54 bits per heavy atom. The van der Waals surface area contributed by atoms with Crippen LogP contribution in [0, 0.1) is 16.7 Å². The first-order chi connectivity index (χ1) is 18.7. The van der Waals surface area contributed by atoms with E-state index in [2.05, 4.69) is 19.9 Å². The van der Waals surface area contributed by atoms with E-state index in [1.165, 1.54) is 0 Å². The zero-order chi connectivity index (χ0) is 27.9. The number of ether oxygens (including phenoxy) is 2. The number of esters is 1. The molecule has 1 aromatic carbocycles. The van der Waals surface area contributed by atoms with E-state index in [9.17, 15) is 14.9 Å². The molecular weight excluding hydrogens is 510 g/mol. The summed E-state index contributed by atoms with van der Waals surface area (Å²) in [6.45, 7) is 8.67. The van der Waals surface area contributed by atoms with Crippen molar-refractivity contribution in [3.05, 3.63) is 68.5 Å². The van der Waals surface area contributed by atoms with E-state index < -0.39 is 5.92 Å². The molecule has 5 rings (SSSR count). The van der Waals surface area contributed by atoms with Crippen molar-refractivity contribution in [2.45, 2.75) is 72.1 Å². The molecule has 2 heterocycles. The topological polar surface area (TPSA) is 106 Å². The van der Waals surface area contributed by atoms with Gasteiger partial charge in [0.15, 0.2) is 5.78 Å². The minimum atomic E-state index is -0.582. The first-order valence-corrected chi connectivity index (χ1v) is 14.5. The van der Waals surface area contributed by atoms with Gasteiger partial charge in [-0.15, -0.1) is 11.3 Å². The van der Waals surface area contributed by atoms with Crippen LogP contribution in [-0.4, -0.2) is 25.0 Å². The van der Waals surface area contributed by atoms with Crippen LogP contribution >= 0.6 is 11.3 Å². The van der Waals surface area contributed by atoms with Crippen molar-refractivity contribution < 1.29 is 19.1 Å². The van der Waals surface area contributed by atoms with E-state index in [1.807, 2.05) is 36.1 Å². The number of thiophene rings is 1. The third kappa shape index (κ3) is 4.74. The van der Waals surface area contributed by atoms with Crippen molar-refractivity contribution in [2.24, 2.45) is 11.1 Å². The number of rotatable bonds is 6. The molecule has 3 aliphatic rings. The Morgan fingerprint density at radius 1 is 1.15 bits per heavy atom. The summed E-state index contributed by atoms with van der Waals surface area (Å²) in [6, 6.07) is 9.87. The Balaban J connectivity index is 1.75. The van der Waals surface area contributed by atoms with Crippen LogP contribution in [0.1, 0.15) is 85.7 Å². The molecule has 1 aromatic heterocycles. The maximum atomic E-state index is 13.9. The number of hydrogen-bond acceptors (Lipinski definition) is 8. The second kappa shape index (κ2) is 10.5. The quantitative estimate of drug-likeness (QED) is 0.434. The van der Waals surface area contributed by atoms with E-state index in [0.29, 0.717) is 41.2 Å². The fourth-order valence-electron chi connectivity index (χ4n) is 6.12. The van der Waals surface area contributed by atoms with E-state index >= 15 is 0 Å². The van der Waals surface area contributed by atoms with Gasteiger partial charge in [0.05, 0.1) is 36.3 Å². The van der Waals surface area contributed by atoms with Gasteiger partial charge in [-0.25, -0.2) is 4.79 Å². The number of fused-ring (bicyclic) bond motifs is 1. The van der Waals surface area contributed by atoms with Gasteiger partial charge in [-0.3, -0.25) is 9.69 Å². The molecule has 0 radical (unpaired) electrons. The van der Waals surface area contributed by atoms with Crippen molar-refractivity contribution in [3.8, 4) is 11.8 Å². The number of allylic oxidation sites excluding steroid dienone is 3. The number of nitriles is 1. The standard InChI is InChI=1S/C31H35N3O4S/c1-5-37-19-13-11-18(12-14-19)25-21(17-32)28(33)34(22-15-31(3,4)16-23(35)27(22)25)29-26(30(36)38-6-2)20-9-7-8-10-24(20)39-29/h11-14,25H,5-10,15-16,33H2,1-4H3. The molecule has 0 amide bonds. The highest BCUT2D eigenvalue weighted by molar-refractivity contribution is 7.16. The molecule has 7 nitrogen and oxygen atoms in total. The van der Waals surface area contributed by atoms with Gasteiger partial charge >= 0.3 is 5.97 Å². The summed E-state index contributed by atoms with van der Waals surface area (Å²) in [5, 5.41) is 11.1. The van der Waals surface area contributed by atoms with Gasteiger partial charge in [-0.1, -0.05) is 26.0 Å². The van der Waals surface area contributed by atoms with E-state index in [4.69, 9.17) is 15.2 Å². The van der Waals surface area contributed by atoms with Gasteiger partial charge in [0.1, 0.15) is 16.6 Å². The maximum Gasteiger partial charge on any atom is 0.341 e. The van der Waals surface area contributed by atoms with Crippen molar-refractivity contribution in [3.63, 3.8) is 0 Å². The molecule has 1 unspecified atom stereocenters. The van der Waals surface area contributed by atoms with Crippen LogP contribution in [0.15, 0.2) is 46.9 Å². The van der Waals surface area contributed by atoms with Crippen LogP contribution in [0.5, 0.6) is 5.75 Å². The lowest BCUT2D eigenvalue weighted by molar-refractivity contribution is -0.118. The summed E-state index contributed by atoms with van der Waals surface area (Å²) in [6.07, 6.45) is 4.71. The molecule has 0 spiro atoms. The molecule has 2 aromatic rings. The summed E-state index contributed by atoms with van der Waals surface area (Å²) in [7, 11) is 0. The number of hydrogen-bond donors (Lipinski definition) is 1. The molecule has 0 bridgehead atoms. The predicted octanol–water partition coefficient (Wildman–Crippen LogP) is 6.14. The Bertz CT molecular complexity index is 1420. The highest BCUT2D eigenvalue weighted by Crippen LogP contribution is 2.53. The summed E-state index contributed by atoms with van der Waals surface area (Å²) < 4.78 is 11.1. The van der Waals surface area contributed by atoms with Crippen LogP contribution in [0.4, 0.5) is 5.00 Å². The van der Waals surface area contributed by atoms with Crippen LogP contribution in [0.25, 0.3) is 0 Å². The lowest BCUT2D eigenvalue weighted by Crippen LogP contribution is -2.42. The number of benzene rings is 1. The van der Waals surface area contributed by atoms with Gasteiger partial charge in [-0.05, 0) is 74.6 Å². The Labute approximate surface area is 233 Å². The second-order valence-electron chi connectivity index (χ2n) is 11.1. The molecule has 0 fully saturated rings. The van der Waals surface area contributed by atoms with Crippen LogP contribution in [-0.2, 0) is 22.4 Å². The predicted molar refractivity (Wildman–Crippen MR) is 152 cm³/mol. The molecule has 204 valence electrons. The number of nitrogens with zero attached hydrogens (tertiary/aromatic N) is 2. The molecule has 2 aliphatic carbocycles. The molecule has 39 heavy (non-hydrogen) atoms. The molecule has 0 saturated heterocycles. The summed E-state index contributed by atoms with van der Waals surface area (Å²) in [4.78, 5) is 30.2. The van der Waals surface area contributed by atoms with Gasteiger partial charge < -0.3 is 15.2 Å². The monoisotopic (exact) mass is 545 g/mol. The first-order valence-electron chi connectivity index (χ1n) is 13.7. The van der Waals surface area contributed by atoms with Gasteiger partial charge in [0.2, 0.25) is 0 Å². The highest BCUT2D eigenvalue weighted by atomic mass is 32.1. The van der Waals surface area contributed by atoms with Gasteiger partial charge in [-0.2, -0.15) is 5.26 Å². The Hall–Kier alpha value is -3.57. The number of carbonyl (C=O) groups excluding carboxylic acids is 2. The zero-order valence-electron chi connectivity index (χ0n) is 23.1. The van der Waals surface area contributed by atoms with Crippen molar-refractivity contribution in [2.75, 3.05) is 18.1 Å². The number of ketones is 1. The lowest BCUT2D eigenvalue weighted by Gasteiger charge is -2.43. The SMILES string of the molecule is CCOC(=O)c1c(N2C(N)=C(C#N)C(c3ccc(OCC)cc3)C3=C2CC(C)(C)CC3=O)sc2c1CCCC2. The number of anilines is 1. The van der Waals surface area contributed by atoms with Crippen LogP contribution < -0.4 is 15.4 Å². The molecule has 2 N–H and O–H groups in total. The van der Waals surface area contributed by atoms with Crippen molar-refractivity contribution in [1.29, 1.82) is 5.26 Å². The number of aryl methyl sites for hydroxylation is 1. The fourth-order valence-corrected chi connectivity index (χ4v) is 7.54. The average molecular weight is 546 g/mol. The summed E-state index contributed by atoms with van der Waals surface area (Å²) >= 11 is 1.54. The molecule has 1 aliphatic heterocycles. The average Bonchev–Trinajstić information content (AvgIpc) is 3.27. The van der Waals surface area contributed by atoms with Crippen LogP contribution in [0.2, 0.25) is 0 Å². The molecule has 1 atom stereocenters.